The van der Waals surface area contributed by atoms with E-state index in [1.807, 2.05) is 37.3 Å². The van der Waals surface area contributed by atoms with Gasteiger partial charge in [0.05, 0.1) is 25.5 Å². The van der Waals surface area contributed by atoms with E-state index >= 15 is 0 Å². The quantitative estimate of drug-likeness (QED) is 0.618. The summed E-state index contributed by atoms with van der Waals surface area (Å²) in [4.78, 5) is 12.2. The first-order valence-corrected chi connectivity index (χ1v) is 7.83. The smallest absolute Gasteiger partial charge is 0.275 e. The minimum absolute atomic E-state index is 0.334. The number of carbonyl (C=O) groups excluding carboxylic acids is 1. The van der Waals surface area contributed by atoms with Gasteiger partial charge in [-0.05, 0) is 55.0 Å². The van der Waals surface area contributed by atoms with Crippen molar-refractivity contribution in [3.63, 3.8) is 0 Å². The van der Waals surface area contributed by atoms with Crippen molar-refractivity contribution in [1.29, 1.82) is 0 Å². The fourth-order valence-corrected chi connectivity index (χ4v) is 2.24. The molecule has 0 bridgehead atoms. The molecule has 0 aromatic heterocycles. The first-order valence-electron chi connectivity index (χ1n) is 7.04. The highest BCUT2D eigenvalue weighted by Crippen LogP contribution is 2.23. The number of ether oxygens (including phenoxy) is 2. The van der Waals surface area contributed by atoms with Gasteiger partial charge in [-0.2, -0.15) is 5.10 Å². The monoisotopic (exact) mass is 376 g/mol. The molecule has 6 heteroatoms. The van der Waals surface area contributed by atoms with Crippen molar-refractivity contribution < 1.29 is 14.3 Å². The first-order chi connectivity index (χ1) is 11.1. The topological polar surface area (TPSA) is 59.9 Å². The summed E-state index contributed by atoms with van der Waals surface area (Å²) in [5.41, 5.74) is 3.78. The molecular formula is C17H17BrN2O3. The molecule has 0 spiro atoms. The van der Waals surface area contributed by atoms with Gasteiger partial charge in [0, 0.05) is 4.47 Å². The van der Waals surface area contributed by atoms with E-state index in [-0.39, 0.29) is 5.91 Å². The standard InChI is InChI=1S/C17H17BrN2O3/c1-3-23-16-9-6-13(18)10-15(16)17(21)20-19-11-12-4-7-14(22-2)8-5-12/h4-11H,3H2,1-2H3,(H,20,21)/b19-11-. The van der Waals surface area contributed by atoms with Crippen molar-refractivity contribution >= 4 is 28.1 Å². The molecule has 0 saturated heterocycles. The van der Waals surface area contributed by atoms with Gasteiger partial charge in [-0.15, -0.1) is 0 Å². The number of hydrogen-bond donors (Lipinski definition) is 1. The van der Waals surface area contributed by atoms with Crippen LogP contribution in [0.1, 0.15) is 22.8 Å². The summed E-state index contributed by atoms with van der Waals surface area (Å²) in [6, 6.07) is 12.6. The van der Waals surface area contributed by atoms with Gasteiger partial charge in [0.2, 0.25) is 0 Å². The number of nitrogens with zero attached hydrogens (tertiary/aromatic N) is 1. The van der Waals surface area contributed by atoms with Crippen LogP contribution in [0, 0.1) is 0 Å². The third-order valence-corrected chi connectivity index (χ3v) is 3.47. The summed E-state index contributed by atoms with van der Waals surface area (Å²) in [7, 11) is 1.61. The lowest BCUT2D eigenvalue weighted by atomic mass is 10.2. The van der Waals surface area contributed by atoms with Gasteiger partial charge in [0.15, 0.2) is 0 Å². The van der Waals surface area contributed by atoms with E-state index in [1.54, 1.807) is 25.5 Å². The van der Waals surface area contributed by atoms with Gasteiger partial charge in [-0.1, -0.05) is 15.9 Å². The minimum Gasteiger partial charge on any atom is -0.497 e. The van der Waals surface area contributed by atoms with Crippen LogP contribution in [-0.4, -0.2) is 25.8 Å². The van der Waals surface area contributed by atoms with Crippen LogP contribution in [0.25, 0.3) is 0 Å². The molecule has 1 N–H and O–H groups in total. The zero-order valence-corrected chi connectivity index (χ0v) is 14.5. The summed E-state index contributed by atoms with van der Waals surface area (Å²) in [5, 5.41) is 3.97. The van der Waals surface area contributed by atoms with Gasteiger partial charge in [-0.25, -0.2) is 5.43 Å². The van der Waals surface area contributed by atoms with Crippen LogP contribution >= 0.6 is 15.9 Å². The molecule has 0 heterocycles. The molecule has 23 heavy (non-hydrogen) atoms. The lowest BCUT2D eigenvalue weighted by Gasteiger charge is -2.09. The van der Waals surface area contributed by atoms with Crippen LogP contribution in [0.2, 0.25) is 0 Å². The molecule has 120 valence electrons. The highest BCUT2D eigenvalue weighted by atomic mass is 79.9. The second-order valence-electron chi connectivity index (χ2n) is 4.55. The maximum absolute atomic E-state index is 12.2. The zero-order valence-electron chi connectivity index (χ0n) is 12.9. The van der Waals surface area contributed by atoms with Gasteiger partial charge >= 0.3 is 0 Å². The van der Waals surface area contributed by atoms with Crippen LogP contribution in [-0.2, 0) is 0 Å². The summed E-state index contributed by atoms with van der Waals surface area (Å²) in [6.45, 7) is 2.35. The summed E-state index contributed by atoms with van der Waals surface area (Å²) in [5.74, 6) is 0.953. The Morgan fingerprint density at radius 3 is 2.65 bits per heavy atom. The van der Waals surface area contributed by atoms with Crippen LogP contribution in [0.5, 0.6) is 11.5 Å². The molecule has 0 aliphatic rings. The van der Waals surface area contributed by atoms with E-state index in [0.717, 1.165) is 15.8 Å². The molecule has 0 atom stereocenters. The number of rotatable bonds is 6. The van der Waals surface area contributed by atoms with Crippen LogP contribution in [0.4, 0.5) is 0 Å². The van der Waals surface area contributed by atoms with E-state index in [1.165, 1.54) is 0 Å². The molecule has 2 aromatic carbocycles. The lowest BCUT2D eigenvalue weighted by Crippen LogP contribution is -2.18. The highest BCUT2D eigenvalue weighted by molar-refractivity contribution is 9.10. The van der Waals surface area contributed by atoms with Crippen molar-refractivity contribution in [2.24, 2.45) is 5.10 Å². The lowest BCUT2D eigenvalue weighted by molar-refractivity contribution is 0.0951. The van der Waals surface area contributed by atoms with Crippen molar-refractivity contribution in [2.45, 2.75) is 6.92 Å². The average Bonchev–Trinajstić information content (AvgIpc) is 2.57. The predicted molar refractivity (Wildman–Crippen MR) is 93.4 cm³/mol. The van der Waals surface area contributed by atoms with Gasteiger partial charge < -0.3 is 9.47 Å². The van der Waals surface area contributed by atoms with Gasteiger partial charge in [0.1, 0.15) is 11.5 Å². The highest BCUT2D eigenvalue weighted by Gasteiger charge is 2.12. The number of halogens is 1. The Kier molecular flexibility index (Phi) is 6.17. The molecule has 1 amide bonds. The van der Waals surface area contributed by atoms with Crippen LogP contribution < -0.4 is 14.9 Å². The summed E-state index contributed by atoms with van der Waals surface area (Å²) >= 11 is 3.35. The minimum atomic E-state index is -0.334. The molecule has 0 radical (unpaired) electrons. The van der Waals surface area contributed by atoms with Crippen molar-refractivity contribution in [1.82, 2.24) is 5.43 Å². The number of carbonyl (C=O) groups is 1. The molecule has 0 unspecified atom stereocenters. The molecule has 2 aromatic rings. The van der Waals surface area contributed by atoms with E-state index in [0.29, 0.717) is 17.9 Å². The summed E-state index contributed by atoms with van der Waals surface area (Å²) < 4.78 is 11.3. The Balaban J connectivity index is 2.06. The predicted octanol–water partition coefficient (Wildman–Crippen LogP) is 3.62. The number of hydrazone groups is 1. The number of methoxy groups -OCH3 is 1. The third-order valence-electron chi connectivity index (χ3n) is 2.98. The maximum Gasteiger partial charge on any atom is 0.275 e. The number of nitrogens with one attached hydrogen (secondary N) is 1. The van der Waals surface area contributed by atoms with Crippen molar-refractivity contribution in [3.8, 4) is 11.5 Å². The molecule has 0 aliphatic heterocycles. The Morgan fingerprint density at radius 2 is 2.00 bits per heavy atom. The number of amides is 1. The Hall–Kier alpha value is -2.34. The maximum atomic E-state index is 12.2. The van der Waals surface area contributed by atoms with E-state index < -0.39 is 0 Å². The number of benzene rings is 2. The van der Waals surface area contributed by atoms with E-state index in [4.69, 9.17) is 9.47 Å². The average molecular weight is 377 g/mol. The molecule has 2 rings (SSSR count). The normalized spacial score (nSPS) is 10.6. The number of hydrogen-bond acceptors (Lipinski definition) is 4. The largest absolute Gasteiger partial charge is 0.497 e. The van der Waals surface area contributed by atoms with Crippen molar-refractivity contribution in [2.75, 3.05) is 13.7 Å². The van der Waals surface area contributed by atoms with E-state index in [9.17, 15) is 4.79 Å². The Labute approximate surface area is 143 Å². The SMILES string of the molecule is CCOc1ccc(Br)cc1C(=O)N/N=C\c1ccc(OC)cc1. The van der Waals surface area contributed by atoms with Crippen LogP contribution in [0.3, 0.4) is 0 Å². The molecule has 0 fully saturated rings. The summed E-state index contributed by atoms with van der Waals surface area (Å²) in [6.07, 6.45) is 1.57. The third kappa shape index (κ3) is 4.82. The fourth-order valence-electron chi connectivity index (χ4n) is 1.88. The molecule has 5 nitrogen and oxygen atoms in total. The van der Waals surface area contributed by atoms with Crippen molar-refractivity contribution in [3.05, 3.63) is 58.1 Å². The van der Waals surface area contributed by atoms with Gasteiger partial charge in [-0.3, -0.25) is 4.79 Å². The molecule has 0 aliphatic carbocycles. The fraction of sp³-hybridized carbons (Fsp3) is 0.176. The zero-order chi connectivity index (χ0) is 16.7. The molecular weight excluding hydrogens is 360 g/mol. The van der Waals surface area contributed by atoms with E-state index in [2.05, 4.69) is 26.5 Å². The Bertz CT molecular complexity index is 699. The second-order valence-corrected chi connectivity index (χ2v) is 5.46. The van der Waals surface area contributed by atoms with Gasteiger partial charge in [0.25, 0.3) is 5.91 Å². The molecule has 0 saturated carbocycles. The second kappa shape index (κ2) is 8.33. The first kappa shape index (κ1) is 17.0. The van der Waals surface area contributed by atoms with Crippen LogP contribution in [0.15, 0.2) is 52.0 Å². The Morgan fingerprint density at radius 1 is 1.26 bits per heavy atom.